The van der Waals surface area contributed by atoms with E-state index in [4.69, 9.17) is 16.2 Å². The second-order valence-corrected chi connectivity index (χ2v) is 7.78. The predicted octanol–water partition coefficient (Wildman–Crippen LogP) is 0.858. The predicted molar refractivity (Wildman–Crippen MR) is 78.5 cm³/mol. The molecule has 0 fully saturated rings. The number of sulfone groups is 1. The van der Waals surface area contributed by atoms with Crippen molar-refractivity contribution in [2.45, 2.75) is 17.1 Å². The lowest BCUT2D eigenvalue weighted by atomic mass is 10.2. The first-order valence-corrected chi connectivity index (χ1v) is 8.46. The van der Waals surface area contributed by atoms with E-state index in [1.165, 1.54) is 36.0 Å². The van der Waals surface area contributed by atoms with Gasteiger partial charge >= 0.3 is 0 Å². The summed E-state index contributed by atoms with van der Waals surface area (Å²) in [6.07, 6.45) is 0. The molecule has 0 spiro atoms. The van der Waals surface area contributed by atoms with Crippen LogP contribution in [-0.2, 0) is 9.84 Å². The maximum Gasteiger partial charge on any atom is 0.179 e. The Bertz CT molecular complexity index is 526. The van der Waals surface area contributed by atoms with Crippen LogP contribution in [0.2, 0.25) is 0 Å². The van der Waals surface area contributed by atoms with Crippen molar-refractivity contribution < 1.29 is 13.5 Å². The van der Waals surface area contributed by atoms with Crippen molar-refractivity contribution in [1.82, 2.24) is 0 Å². The highest BCUT2D eigenvalue weighted by molar-refractivity contribution is 8.01. The summed E-state index contributed by atoms with van der Waals surface area (Å²) in [7, 11) is -3.32. The fourth-order valence-corrected chi connectivity index (χ4v) is 3.93. The molecular weight excluding hydrogens is 284 g/mol. The highest BCUT2D eigenvalue weighted by Crippen LogP contribution is 2.16. The zero-order chi connectivity index (χ0) is 14.5. The molecule has 1 atom stereocenters. The van der Waals surface area contributed by atoms with Gasteiger partial charge in [-0.1, -0.05) is 19.1 Å². The Balaban J connectivity index is 2.69. The number of amidine groups is 1. The Morgan fingerprint density at radius 3 is 2.47 bits per heavy atom. The van der Waals surface area contributed by atoms with Gasteiger partial charge in [-0.15, -0.1) is 0 Å². The second-order valence-electron chi connectivity index (χ2n) is 4.12. The van der Waals surface area contributed by atoms with E-state index < -0.39 is 9.84 Å². The van der Waals surface area contributed by atoms with E-state index in [-0.39, 0.29) is 28.3 Å². The number of nitrogen functional groups attached to an aromatic ring is 1. The third-order valence-corrected chi connectivity index (χ3v) is 5.68. The molecule has 0 radical (unpaired) electrons. The first kappa shape index (κ1) is 16.0. The molecule has 1 unspecified atom stereocenters. The van der Waals surface area contributed by atoms with Gasteiger partial charge in [0, 0.05) is 16.6 Å². The fraction of sp³-hybridized carbons (Fsp3) is 0.417. The largest absolute Gasteiger partial charge is 0.395 e. The number of aliphatic hydroxyl groups excluding tert-OH is 1. The minimum Gasteiger partial charge on any atom is -0.395 e. The Morgan fingerprint density at radius 1 is 1.42 bits per heavy atom. The number of hydrogen-bond donors (Lipinski definition) is 3. The van der Waals surface area contributed by atoms with Crippen LogP contribution in [0.4, 0.5) is 0 Å². The molecule has 1 aromatic rings. The summed E-state index contributed by atoms with van der Waals surface area (Å²) in [5.41, 5.74) is 5.81. The van der Waals surface area contributed by atoms with E-state index in [9.17, 15) is 8.42 Å². The van der Waals surface area contributed by atoms with Crippen LogP contribution in [-0.4, -0.2) is 42.7 Å². The van der Waals surface area contributed by atoms with Gasteiger partial charge < -0.3 is 10.8 Å². The molecule has 5 nitrogen and oxygen atoms in total. The van der Waals surface area contributed by atoms with E-state index >= 15 is 0 Å². The monoisotopic (exact) mass is 302 g/mol. The molecule has 0 amide bonds. The minimum atomic E-state index is -3.32. The zero-order valence-corrected chi connectivity index (χ0v) is 12.3. The summed E-state index contributed by atoms with van der Waals surface area (Å²) < 4.78 is 24.0. The number of benzene rings is 1. The SMILES string of the molecule is CC(CO)SCCS(=O)(=O)c1ccc(C(=N)N)cc1. The van der Waals surface area contributed by atoms with Crippen LogP contribution in [0.15, 0.2) is 29.2 Å². The van der Waals surface area contributed by atoms with Gasteiger partial charge in [-0.3, -0.25) is 5.41 Å². The molecule has 7 heteroatoms. The molecule has 0 aromatic heterocycles. The van der Waals surface area contributed by atoms with Crippen LogP contribution in [0.3, 0.4) is 0 Å². The highest BCUT2D eigenvalue weighted by Gasteiger charge is 2.15. The summed E-state index contributed by atoms with van der Waals surface area (Å²) >= 11 is 1.42. The molecular formula is C12H18N2O3S2. The molecule has 106 valence electrons. The Hall–Kier alpha value is -1.05. The van der Waals surface area contributed by atoms with E-state index in [0.29, 0.717) is 11.3 Å². The zero-order valence-electron chi connectivity index (χ0n) is 10.7. The fourth-order valence-electron chi connectivity index (χ4n) is 1.37. The maximum absolute atomic E-state index is 12.0. The maximum atomic E-state index is 12.0. The van der Waals surface area contributed by atoms with E-state index in [1.54, 1.807) is 0 Å². The van der Waals surface area contributed by atoms with Crippen molar-refractivity contribution in [3.8, 4) is 0 Å². The van der Waals surface area contributed by atoms with Crippen LogP contribution < -0.4 is 5.73 Å². The van der Waals surface area contributed by atoms with Crippen molar-refractivity contribution in [2.24, 2.45) is 5.73 Å². The number of thioether (sulfide) groups is 1. The first-order valence-electron chi connectivity index (χ1n) is 5.76. The van der Waals surface area contributed by atoms with Crippen molar-refractivity contribution in [2.75, 3.05) is 18.1 Å². The third-order valence-electron chi connectivity index (χ3n) is 2.54. The van der Waals surface area contributed by atoms with Crippen LogP contribution in [0.5, 0.6) is 0 Å². The smallest absolute Gasteiger partial charge is 0.179 e. The van der Waals surface area contributed by atoms with E-state index in [1.807, 2.05) is 6.92 Å². The Kier molecular flexibility index (Phi) is 5.84. The van der Waals surface area contributed by atoms with E-state index in [2.05, 4.69) is 0 Å². The molecule has 0 aliphatic carbocycles. The summed E-state index contributed by atoms with van der Waals surface area (Å²) in [6.45, 7) is 1.89. The number of aliphatic hydroxyl groups is 1. The van der Waals surface area contributed by atoms with E-state index in [0.717, 1.165) is 0 Å². The molecule has 0 heterocycles. The van der Waals surface area contributed by atoms with Gasteiger partial charge in [0.05, 0.1) is 17.3 Å². The summed E-state index contributed by atoms with van der Waals surface area (Å²) in [5, 5.41) is 16.1. The number of nitrogens with one attached hydrogen (secondary N) is 1. The van der Waals surface area contributed by atoms with Gasteiger partial charge in [-0.05, 0) is 12.1 Å². The molecule has 0 saturated heterocycles. The quantitative estimate of drug-likeness (QED) is 0.512. The topological polar surface area (TPSA) is 104 Å². The van der Waals surface area contributed by atoms with Gasteiger partial charge in [0.15, 0.2) is 9.84 Å². The van der Waals surface area contributed by atoms with Crippen LogP contribution in [0.25, 0.3) is 0 Å². The average Bonchev–Trinajstić information content (AvgIpc) is 2.38. The lowest BCUT2D eigenvalue weighted by molar-refractivity contribution is 0.300. The molecule has 0 aliphatic rings. The summed E-state index contributed by atoms with van der Waals surface area (Å²) in [4.78, 5) is 0.231. The number of rotatable bonds is 7. The Labute approximate surface area is 117 Å². The van der Waals surface area contributed by atoms with Crippen molar-refractivity contribution in [1.29, 1.82) is 5.41 Å². The van der Waals surface area contributed by atoms with Crippen LogP contribution >= 0.6 is 11.8 Å². The van der Waals surface area contributed by atoms with Crippen LogP contribution in [0.1, 0.15) is 12.5 Å². The van der Waals surface area contributed by atoms with Crippen molar-refractivity contribution in [3.05, 3.63) is 29.8 Å². The highest BCUT2D eigenvalue weighted by atomic mass is 32.2. The molecule has 0 bridgehead atoms. The lowest BCUT2D eigenvalue weighted by Gasteiger charge is -2.08. The van der Waals surface area contributed by atoms with Crippen LogP contribution in [0, 0.1) is 5.41 Å². The first-order chi connectivity index (χ1) is 8.86. The molecule has 0 aliphatic heterocycles. The van der Waals surface area contributed by atoms with Gasteiger partial charge in [0.1, 0.15) is 5.84 Å². The molecule has 0 saturated carbocycles. The number of nitrogens with two attached hydrogens (primary N) is 1. The Morgan fingerprint density at radius 2 is 2.00 bits per heavy atom. The molecule has 4 N–H and O–H groups in total. The summed E-state index contributed by atoms with van der Waals surface area (Å²) in [6, 6.07) is 5.98. The van der Waals surface area contributed by atoms with Gasteiger partial charge in [-0.2, -0.15) is 11.8 Å². The second kappa shape index (κ2) is 6.93. The average molecular weight is 302 g/mol. The number of hydrogen-bond acceptors (Lipinski definition) is 5. The van der Waals surface area contributed by atoms with Gasteiger partial charge in [-0.25, -0.2) is 8.42 Å². The van der Waals surface area contributed by atoms with Gasteiger partial charge in [0.25, 0.3) is 0 Å². The standard InChI is InChI=1S/C12H18N2O3S2/c1-9(8-15)18-6-7-19(16,17)11-4-2-10(3-5-11)12(13)14/h2-5,9,15H,6-8H2,1H3,(H3,13,14). The molecule has 1 rings (SSSR count). The lowest BCUT2D eigenvalue weighted by Crippen LogP contribution is -2.13. The molecule has 1 aromatic carbocycles. The van der Waals surface area contributed by atoms with Gasteiger partial charge in [0.2, 0.25) is 0 Å². The van der Waals surface area contributed by atoms with Crippen molar-refractivity contribution in [3.63, 3.8) is 0 Å². The van der Waals surface area contributed by atoms with Crippen molar-refractivity contribution >= 4 is 27.4 Å². The summed E-state index contributed by atoms with van der Waals surface area (Å²) in [5.74, 6) is 0.385. The molecule has 19 heavy (non-hydrogen) atoms. The minimum absolute atomic E-state index is 0.0292. The normalized spacial score (nSPS) is 13.2. The third kappa shape index (κ3) is 4.85.